The third-order valence-electron chi connectivity index (χ3n) is 2.28. The Morgan fingerprint density at radius 2 is 1.88 bits per heavy atom. The average Bonchev–Trinajstić information content (AvgIpc) is 2.22. The Morgan fingerprint density at radius 3 is 2.24 bits per heavy atom. The van der Waals surface area contributed by atoms with E-state index in [1.807, 2.05) is 0 Å². The second kappa shape index (κ2) is 5.56. The molecule has 2 atom stereocenters. The summed E-state index contributed by atoms with van der Waals surface area (Å²) in [5, 5.41) is 9.65. The molecule has 0 aromatic rings. The molecule has 0 rings (SSSR count). The van der Waals surface area contributed by atoms with E-state index in [1.165, 1.54) is 6.92 Å². The zero-order valence-corrected chi connectivity index (χ0v) is 10.7. The predicted octanol–water partition coefficient (Wildman–Crippen LogP) is -0.259. The topological polar surface area (TPSA) is 118 Å². The molecule has 0 aliphatic heterocycles. The van der Waals surface area contributed by atoms with Crippen molar-refractivity contribution < 1.29 is 32.4 Å². The van der Waals surface area contributed by atoms with E-state index in [0.717, 1.165) is 6.92 Å². The number of carbonyl (C=O) groups is 2. The van der Waals surface area contributed by atoms with Gasteiger partial charge in [-0.25, -0.2) is 4.79 Å². The SMILES string of the molecule is CCC(C)C(=O)C(C)(O)C(=O)OCS(=O)(=O)O. The molecule has 0 aliphatic rings. The smallest absolute Gasteiger partial charge is 0.346 e. The van der Waals surface area contributed by atoms with Gasteiger partial charge in [-0.1, -0.05) is 13.8 Å². The number of hydrogen-bond acceptors (Lipinski definition) is 6. The van der Waals surface area contributed by atoms with Gasteiger partial charge >= 0.3 is 16.1 Å². The summed E-state index contributed by atoms with van der Waals surface area (Å²) in [7, 11) is -4.50. The molecule has 0 aliphatic carbocycles. The van der Waals surface area contributed by atoms with Gasteiger partial charge in [0.05, 0.1) is 0 Å². The molecule has 17 heavy (non-hydrogen) atoms. The van der Waals surface area contributed by atoms with Crippen LogP contribution in [-0.4, -0.2) is 41.4 Å². The average molecular weight is 268 g/mol. The number of aliphatic hydroxyl groups is 1. The summed E-state index contributed by atoms with van der Waals surface area (Å²) >= 11 is 0. The number of Topliss-reactive ketones (excluding diaryl/α,β-unsaturated/α-hetero) is 1. The number of hydrogen-bond donors (Lipinski definition) is 2. The van der Waals surface area contributed by atoms with Crippen LogP contribution in [0.25, 0.3) is 0 Å². The Labute approximate surface area is 99.5 Å². The van der Waals surface area contributed by atoms with E-state index in [-0.39, 0.29) is 0 Å². The van der Waals surface area contributed by atoms with Gasteiger partial charge in [0.25, 0.3) is 0 Å². The first-order valence-electron chi connectivity index (χ1n) is 4.91. The van der Waals surface area contributed by atoms with Crippen molar-refractivity contribution in [3.63, 3.8) is 0 Å². The Bertz CT molecular complexity index is 396. The largest absolute Gasteiger partial charge is 0.444 e. The standard InChI is InChI=1S/C9H16O7S/c1-4-6(2)7(10)9(3,12)8(11)16-5-17(13,14)15/h6,12H,4-5H2,1-3H3,(H,13,14,15). The lowest BCUT2D eigenvalue weighted by molar-refractivity contribution is -0.168. The summed E-state index contributed by atoms with van der Waals surface area (Å²) in [5.41, 5.74) is -2.42. The molecule has 0 aromatic heterocycles. The van der Waals surface area contributed by atoms with Crippen LogP contribution in [0.15, 0.2) is 0 Å². The maximum Gasteiger partial charge on any atom is 0.346 e. The zero-order chi connectivity index (χ0) is 13.9. The van der Waals surface area contributed by atoms with Crippen LogP contribution in [0.4, 0.5) is 0 Å². The summed E-state index contributed by atoms with van der Waals surface area (Å²) in [5.74, 6) is -4.03. The van der Waals surface area contributed by atoms with E-state index in [9.17, 15) is 23.1 Å². The Kier molecular flexibility index (Phi) is 5.24. The Hall–Kier alpha value is -0.990. The molecule has 0 spiro atoms. The van der Waals surface area contributed by atoms with Gasteiger partial charge in [-0.15, -0.1) is 0 Å². The van der Waals surface area contributed by atoms with Crippen LogP contribution in [0.3, 0.4) is 0 Å². The predicted molar refractivity (Wildman–Crippen MR) is 57.6 cm³/mol. The number of carbonyl (C=O) groups excluding carboxylic acids is 2. The maximum atomic E-state index is 11.6. The third-order valence-corrected chi connectivity index (χ3v) is 2.69. The number of esters is 1. The first-order chi connectivity index (χ1) is 7.52. The summed E-state index contributed by atoms with van der Waals surface area (Å²) in [6, 6.07) is 0. The molecule has 7 nitrogen and oxygen atoms in total. The lowest BCUT2D eigenvalue weighted by Crippen LogP contribution is -2.47. The van der Waals surface area contributed by atoms with Crippen molar-refractivity contribution in [1.82, 2.24) is 0 Å². The van der Waals surface area contributed by atoms with E-state index < -0.39 is 39.3 Å². The van der Waals surface area contributed by atoms with Crippen LogP contribution >= 0.6 is 0 Å². The van der Waals surface area contributed by atoms with E-state index >= 15 is 0 Å². The number of ether oxygens (including phenoxy) is 1. The molecule has 0 amide bonds. The van der Waals surface area contributed by atoms with Crippen LogP contribution in [0, 0.1) is 5.92 Å². The highest BCUT2D eigenvalue weighted by Crippen LogP contribution is 2.16. The van der Waals surface area contributed by atoms with Crippen molar-refractivity contribution in [2.75, 3.05) is 5.94 Å². The molecule has 100 valence electrons. The fourth-order valence-electron chi connectivity index (χ4n) is 1.03. The quantitative estimate of drug-likeness (QED) is 0.387. The first-order valence-corrected chi connectivity index (χ1v) is 6.52. The van der Waals surface area contributed by atoms with Crippen molar-refractivity contribution >= 4 is 21.9 Å². The van der Waals surface area contributed by atoms with E-state index in [4.69, 9.17) is 4.55 Å². The number of rotatable bonds is 6. The first kappa shape index (κ1) is 16.0. The molecular weight excluding hydrogens is 252 g/mol. The molecular formula is C9H16O7S. The van der Waals surface area contributed by atoms with Crippen LogP contribution in [0.2, 0.25) is 0 Å². The molecule has 2 unspecified atom stereocenters. The maximum absolute atomic E-state index is 11.6. The van der Waals surface area contributed by atoms with E-state index in [0.29, 0.717) is 6.42 Å². The summed E-state index contributed by atoms with van der Waals surface area (Å²) in [4.78, 5) is 22.9. The fourth-order valence-corrected chi connectivity index (χ4v) is 1.29. The van der Waals surface area contributed by atoms with E-state index in [1.54, 1.807) is 6.92 Å². The molecule has 0 saturated heterocycles. The Balaban J connectivity index is 4.71. The monoisotopic (exact) mass is 268 g/mol. The minimum Gasteiger partial charge on any atom is -0.444 e. The molecule has 0 aromatic carbocycles. The van der Waals surface area contributed by atoms with Gasteiger partial charge in [0.2, 0.25) is 11.5 Å². The second-order valence-electron chi connectivity index (χ2n) is 3.88. The van der Waals surface area contributed by atoms with Gasteiger partial charge in [-0.3, -0.25) is 9.35 Å². The van der Waals surface area contributed by atoms with Gasteiger partial charge in [0.1, 0.15) is 0 Å². The van der Waals surface area contributed by atoms with Gasteiger partial charge in [-0.2, -0.15) is 8.42 Å². The van der Waals surface area contributed by atoms with Gasteiger partial charge < -0.3 is 9.84 Å². The summed E-state index contributed by atoms with van der Waals surface area (Å²) in [6.45, 7) is 4.14. The highest BCUT2D eigenvalue weighted by atomic mass is 32.2. The molecule has 0 heterocycles. The van der Waals surface area contributed by atoms with Crippen molar-refractivity contribution in [3.05, 3.63) is 0 Å². The minimum atomic E-state index is -4.50. The lowest BCUT2D eigenvalue weighted by atomic mass is 9.90. The van der Waals surface area contributed by atoms with Crippen LogP contribution in [-0.2, 0) is 24.4 Å². The van der Waals surface area contributed by atoms with Crippen molar-refractivity contribution in [2.45, 2.75) is 32.8 Å². The lowest BCUT2D eigenvalue weighted by Gasteiger charge is -2.22. The van der Waals surface area contributed by atoms with Crippen molar-refractivity contribution in [2.24, 2.45) is 5.92 Å². The second-order valence-corrected chi connectivity index (χ2v) is 5.28. The molecule has 0 radical (unpaired) electrons. The minimum absolute atomic E-state index is 0.417. The van der Waals surface area contributed by atoms with Crippen molar-refractivity contribution in [3.8, 4) is 0 Å². The molecule has 0 bridgehead atoms. The zero-order valence-electron chi connectivity index (χ0n) is 9.84. The van der Waals surface area contributed by atoms with Crippen LogP contribution in [0.1, 0.15) is 27.2 Å². The molecule has 8 heteroatoms. The van der Waals surface area contributed by atoms with Gasteiger partial charge in [-0.05, 0) is 13.3 Å². The van der Waals surface area contributed by atoms with Crippen molar-refractivity contribution in [1.29, 1.82) is 0 Å². The fraction of sp³-hybridized carbons (Fsp3) is 0.778. The summed E-state index contributed by atoms with van der Waals surface area (Å²) in [6.07, 6.45) is 0.417. The number of ketones is 1. The summed E-state index contributed by atoms with van der Waals surface area (Å²) < 4.78 is 33.2. The van der Waals surface area contributed by atoms with Gasteiger partial charge in [0, 0.05) is 5.92 Å². The third kappa shape index (κ3) is 4.80. The van der Waals surface area contributed by atoms with Crippen LogP contribution in [0.5, 0.6) is 0 Å². The molecule has 0 saturated carbocycles. The van der Waals surface area contributed by atoms with Crippen LogP contribution < -0.4 is 0 Å². The highest BCUT2D eigenvalue weighted by Gasteiger charge is 2.42. The normalized spacial score (nSPS) is 17.0. The highest BCUT2D eigenvalue weighted by molar-refractivity contribution is 7.85. The molecule has 0 fully saturated rings. The van der Waals surface area contributed by atoms with E-state index in [2.05, 4.69) is 4.74 Å². The van der Waals surface area contributed by atoms with Gasteiger partial charge in [0.15, 0.2) is 5.78 Å². The molecule has 2 N–H and O–H groups in total. The Morgan fingerprint density at radius 1 is 1.41 bits per heavy atom.